The largest absolute Gasteiger partial charge is 0.335 e. The van der Waals surface area contributed by atoms with Crippen LogP contribution in [0.2, 0.25) is 5.02 Å². The second kappa shape index (κ2) is 7.14. The second-order valence-corrected chi connectivity index (χ2v) is 6.38. The lowest BCUT2D eigenvalue weighted by molar-refractivity contribution is -0.132. The molecule has 1 fully saturated rings. The Morgan fingerprint density at radius 2 is 1.83 bits per heavy atom. The molecule has 0 N–H and O–H groups in total. The molecule has 0 saturated heterocycles. The highest BCUT2D eigenvalue weighted by molar-refractivity contribution is 6.31. The Balaban J connectivity index is 1.63. The summed E-state index contributed by atoms with van der Waals surface area (Å²) < 4.78 is 13.0. The molecule has 0 spiro atoms. The fourth-order valence-electron chi connectivity index (χ4n) is 2.68. The fraction of sp³-hybridized carbons (Fsp3) is 0.316. The Hall–Kier alpha value is -1.87. The van der Waals surface area contributed by atoms with E-state index >= 15 is 0 Å². The minimum Gasteiger partial charge on any atom is -0.335 e. The normalized spacial score (nSPS) is 13.8. The van der Waals surface area contributed by atoms with Crippen LogP contribution in [0.3, 0.4) is 0 Å². The maximum absolute atomic E-state index is 13.0. The number of halogens is 2. The van der Waals surface area contributed by atoms with Crippen molar-refractivity contribution in [2.45, 2.75) is 38.3 Å². The van der Waals surface area contributed by atoms with Crippen LogP contribution >= 0.6 is 11.6 Å². The first-order valence-corrected chi connectivity index (χ1v) is 8.28. The Morgan fingerprint density at radius 1 is 1.13 bits per heavy atom. The highest BCUT2D eigenvalue weighted by Crippen LogP contribution is 2.29. The zero-order valence-corrected chi connectivity index (χ0v) is 13.6. The molecular weight excluding hydrogens is 313 g/mol. The molecule has 2 nitrogen and oxygen atoms in total. The maximum Gasteiger partial charge on any atom is 0.223 e. The van der Waals surface area contributed by atoms with Gasteiger partial charge in [-0.15, -0.1) is 0 Å². The third kappa shape index (κ3) is 4.32. The Kier molecular flexibility index (Phi) is 4.97. The molecule has 1 aliphatic rings. The third-order valence-electron chi connectivity index (χ3n) is 4.14. The van der Waals surface area contributed by atoms with Crippen LogP contribution in [-0.4, -0.2) is 16.8 Å². The lowest BCUT2D eigenvalue weighted by atomic mass is 10.1. The van der Waals surface area contributed by atoms with E-state index in [0.717, 1.165) is 24.0 Å². The van der Waals surface area contributed by atoms with Crippen molar-refractivity contribution in [3.8, 4) is 0 Å². The van der Waals surface area contributed by atoms with E-state index in [0.29, 0.717) is 30.5 Å². The summed E-state index contributed by atoms with van der Waals surface area (Å²) in [6, 6.07) is 14.3. The summed E-state index contributed by atoms with van der Waals surface area (Å²) in [5, 5.41) is 0.705. The summed E-state index contributed by atoms with van der Waals surface area (Å²) >= 11 is 6.15. The van der Waals surface area contributed by atoms with E-state index in [1.807, 2.05) is 29.2 Å². The Labute approximate surface area is 140 Å². The summed E-state index contributed by atoms with van der Waals surface area (Å²) in [5.41, 5.74) is 1.96. The van der Waals surface area contributed by atoms with Gasteiger partial charge in [-0.1, -0.05) is 41.9 Å². The van der Waals surface area contributed by atoms with E-state index in [1.165, 1.54) is 12.1 Å². The van der Waals surface area contributed by atoms with Gasteiger partial charge < -0.3 is 4.90 Å². The van der Waals surface area contributed by atoms with E-state index in [2.05, 4.69) is 0 Å². The Morgan fingerprint density at radius 3 is 2.48 bits per heavy atom. The molecule has 0 bridgehead atoms. The average Bonchev–Trinajstić information content (AvgIpc) is 3.38. The topological polar surface area (TPSA) is 20.3 Å². The van der Waals surface area contributed by atoms with E-state index in [9.17, 15) is 9.18 Å². The molecule has 1 amide bonds. The smallest absolute Gasteiger partial charge is 0.223 e. The average molecular weight is 332 g/mol. The van der Waals surface area contributed by atoms with E-state index in [1.54, 1.807) is 12.1 Å². The summed E-state index contributed by atoms with van der Waals surface area (Å²) in [4.78, 5) is 14.5. The summed E-state index contributed by atoms with van der Waals surface area (Å²) in [5.74, 6) is -0.117. The SMILES string of the molecule is O=C(CCc1ccccc1Cl)N(Cc1ccc(F)cc1)C1CC1. The minimum atomic E-state index is -0.253. The number of carbonyl (C=O) groups is 1. The number of amides is 1. The van der Waals surface area contributed by atoms with Gasteiger partial charge >= 0.3 is 0 Å². The van der Waals surface area contributed by atoms with Crippen molar-refractivity contribution in [2.24, 2.45) is 0 Å². The van der Waals surface area contributed by atoms with Crippen LogP contribution in [0.25, 0.3) is 0 Å². The van der Waals surface area contributed by atoms with Crippen LogP contribution in [0.15, 0.2) is 48.5 Å². The molecule has 2 aromatic rings. The molecule has 0 heterocycles. The van der Waals surface area contributed by atoms with Crippen LogP contribution < -0.4 is 0 Å². The second-order valence-electron chi connectivity index (χ2n) is 5.97. The summed E-state index contributed by atoms with van der Waals surface area (Å²) in [6.45, 7) is 0.548. The molecule has 0 unspecified atom stereocenters. The number of rotatable bonds is 6. The number of aryl methyl sites for hydroxylation is 1. The predicted molar refractivity (Wildman–Crippen MR) is 89.7 cm³/mol. The van der Waals surface area contributed by atoms with Crippen LogP contribution in [0.1, 0.15) is 30.4 Å². The predicted octanol–water partition coefficient (Wildman–Crippen LogP) is 4.60. The molecule has 2 aromatic carbocycles. The maximum atomic E-state index is 13.0. The molecule has 23 heavy (non-hydrogen) atoms. The molecule has 120 valence electrons. The van der Waals surface area contributed by atoms with Crippen molar-refractivity contribution in [1.29, 1.82) is 0 Å². The van der Waals surface area contributed by atoms with Gasteiger partial charge in [-0.05, 0) is 48.6 Å². The van der Waals surface area contributed by atoms with E-state index in [4.69, 9.17) is 11.6 Å². The third-order valence-corrected chi connectivity index (χ3v) is 4.51. The van der Waals surface area contributed by atoms with Crippen molar-refractivity contribution in [3.63, 3.8) is 0 Å². The van der Waals surface area contributed by atoms with Crippen molar-refractivity contribution in [2.75, 3.05) is 0 Å². The van der Waals surface area contributed by atoms with Crippen molar-refractivity contribution < 1.29 is 9.18 Å². The standard InChI is InChI=1S/C19H19ClFNO/c20-18-4-2-1-3-15(18)7-12-19(23)22(17-10-11-17)13-14-5-8-16(21)9-6-14/h1-6,8-9,17H,7,10-13H2. The first-order chi connectivity index (χ1) is 11.1. The highest BCUT2D eigenvalue weighted by atomic mass is 35.5. The first-order valence-electron chi connectivity index (χ1n) is 7.91. The van der Waals surface area contributed by atoms with Gasteiger partial charge in [-0.2, -0.15) is 0 Å². The lowest BCUT2D eigenvalue weighted by Crippen LogP contribution is -2.32. The van der Waals surface area contributed by atoms with Crippen LogP contribution in [-0.2, 0) is 17.8 Å². The highest BCUT2D eigenvalue weighted by Gasteiger charge is 2.32. The molecule has 4 heteroatoms. The van der Waals surface area contributed by atoms with Gasteiger partial charge in [0, 0.05) is 24.0 Å². The molecule has 1 aliphatic carbocycles. The van der Waals surface area contributed by atoms with E-state index in [-0.39, 0.29) is 11.7 Å². The van der Waals surface area contributed by atoms with Crippen molar-refractivity contribution in [1.82, 2.24) is 4.90 Å². The molecule has 3 rings (SSSR count). The molecule has 0 radical (unpaired) electrons. The number of hydrogen-bond acceptors (Lipinski definition) is 1. The molecule has 0 aliphatic heterocycles. The van der Waals surface area contributed by atoms with Gasteiger partial charge in [0.2, 0.25) is 5.91 Å². The van der Waals surface area contributed by atoms with Gasteiger partial charge in [-0.25, -0.2) is 4.39 Å². The monoisotopic (exact) mass is 331 g/mol. The lowest BCUT2D eigenvalue weighted by Gasteiger charge is -2.23. The molecular formula is C19H19ClFNO. The number of carbonyl (C=O) groups excluding carboxylic acids is 1. The quantitative estimate of drug-likeness (QED) is 0.757. The van der Waals surface area contributed by atoms with Crippen molar-refractivity contribution >= 4 is 17.5 Å². The zero-order valence-electron chi connectivity index (χ0n) is 12.8. The number of hydrogen-bond donors (Lipinski definition) is 0. The zero-order chi connectivity index (χ0) is 16.2. The molecule has 0 atom stereocenters. The van der Waals surface area contributed by atoms with Gasteiger partial charge in [0.25, 0.3) is 0 Å². The number of benzene rings is 2. The summed E-state index contributed by atoms with van der Waals surface area (Å²) in [6.07, 6.45) is 3.20. The van der Waals surface area contributed by atoms with Gasteiger partial charge in [0.05, 0.1) is 0 Å². The minimum absolute atomic E-state index is 0.136. The molecule has 1 saturated carbocycles. The number of nitrogens with zero attached hydrogens (tertiary/aromatic N) is 1. The first kappa shape index (κ1) is 16.0. The molecule has 0 aromatic heterocycles. The van der Waals surface area contributed by atoms with Crippen LogP contribution in [0, 0.1) is 5.82 Å². The van der Waals surface area contributed by atoms with E-state index < -0.39 is 0 Å². The van der Waals surface area contributed by atoms with Gasteiger partial charge in [-0.3, -0.25) is 4.79 Å². The fourth-order valence-corrected chi connectivity index (χ4v) is 2.91. The van der Waals surface area contributed by atoms with Crippen LogP contribution in [0.5, 0.6) is 0 Å². The van der Waals surface area contributed by atoms with Crippen molar-refractivity contribution in [3.05, 3.63) is 70.5 Å². The summed E-state index contributed by atoms with van der Waals surface area (Å²) in [7, 11) is 0. The van der Waals surface area contributed by atoms with Gasteiger partial charge in [0.15, 0.2) is 0 Å². The van der Waals surface area contributed by atoms with Gasteiger partial charge in [0.1, 0.15) is 5.82 Å². The Bertz CT molecular complexity index is 682. The van der Waals surface area contributed by atoms with Crippen LogP contribution in [0.4, 0.5) is 4.39 Å².